The molecule has 0 saturated heterocycles. The number of hydrogen-bond acceptors (Lipinski definition) is 5. The summed E-state index contributed by atoms with van der Waals surface area (Å²) in [7, 11) is -3.90. The first-order valence-electron chi connectivity index (χ1n) is 8.71. The lowest BCUT2D eigenvalue weighted by Crippen LogP contribution is -2.27. The van der Waals surface area contributed by atoms with E-state index in [0.717, 1.165) is 4.41 Å². The van der Waals surface area contributed by atoms with E-state index in [0.29, 0.717) is 23.3 Å². The van der Waals surface area contributed by atoms with Crippen molar-refractivity contribution in [1.82, 2.24) is 4.41 Å². The van der Waals surface area contributed by atoms with Gasteiger partial charge in [0.15, 0.2) is 0 Å². The third kappa shape index (κ3) is 3.20. The Morgan fingerprint density at radius 1 is 0.857 bits per heavy atom. The lowest BCUT2D eigenvalue weighted by molar-refractivity contribution is 0.371. The molecular formula is C21H18N2O4S. The molecule has 142 valence electrons. The minimum absolute atomic E-state index is 0.0460. The maximum absolute atomic E-state index is 13.3. The van der Waals surface area contributed by atoms with E-state index in [1.165, 1.54) is 24.3 Å². The van der Waals surface area contributed by atoms with Gasteiger partial charge in [-0.05, 0) is 42.0 Å². The van der Waals surface area contributed by atoms with Crippen molar-refractivity contribution in [2.24, 2.45) is 5.10 Å². The van der Waals surface area contributed by atoms with E-state index in [9.17, 15) is 18.6 Å². The summed E-state index contributed by atoms with van der Waals surface area (Å²) in [4.78, 5) is 0.140. The Balaban J connectivity index is 1.82. The fourth-order valence-electron chi connectivity index (χ4n) is 3.24. The van der Waals surface area contributed by atoms with Gasteiger partial charge in [-0.2, -0.15) is 17.9 Å². The molecule has 4 rings (SSSR count). The molecule has 6 nitrogen and oxygen atoms in total. The second-order valence-electron chi connectivity index (χ2n) is 6.47. The molecule has 28 heavy (non-hydrogen) atoms. The van der Waals surface area contributed by atoms with E-state index in [2.05, 4.69) is 5.10 Å². The fourth-order valence-corrected chi connectivity index (χ4v) is 4.69. The molecule has 1 atom stereocenters. The summed E-state index contributed by atoms with van der Waals surface area (Å²) < 4.78 is 27.6. The van der Waals surface area contributed by atoms with Gasteiger partial charge in [-0.1, -0.05) is 42.5 Å². The Hall–Kier alpha value is -3.32. The van der Waals surface area contributed by atoms with Crippen LogP contribution >= 0.6 is 0 Å². The van der Waals surface area contributed by atoms with Crippen molar-refractivity contribution in [3.8, 4) is 11.5 Å². The highest BCUT2D eigenvalue weighted by Gasteiger charge is 2.38. The van der Waals surface area contributed by atoms with Gasteiger partial charge in [-0.3, -0.25) is 0 Å². The zero-order chi connectivity index (χ0) is 19.7. The van der Waals surface area contributed by atoms with Crippen LogP contribution in [0.2, 0.25) is 0 Å². The van der Waals surface area contributed by atoms with Gasteiger partial charge in [0.2, 0.25) is 0 Å². The second kappa shape index (κ2) is 7.01. The number of sulfonamides is 1. The van der Waals surface area contributed by atoms with Gasteiger partial charge < -0.3 is 10.2 Å². The molecule has 0 aliphatic carbocycles. The summed E-state index contributed by atoms with van der Waals surface area (Å²) >= 11 is 0. The summed E-state index contributed by atoms with van der Waals surface area (Å²) in [5, 5.41) is 24.2. The van der Waals surface area contributed by atoms with Crippen LogP contribution in [0, 0.1) is 0 Å². The Kier molecular flexibility index (Phi) is 4.52. The molecule has 0 fully saturated rings. The highest BCUT2D eigenvalue weighted by Crippen LogP contribution is 2.38. The Bertz CT molecular complexity index is 1130. The average Bonchev–Trinajstić information content (AvgIpc) is 3.15. The van der Waals surface area contributed by atoms with Crippen molar-refractivity contribution < 1.29 is 18.6 Å². The molecule has 0 radical (unpaired) electrons. The van der Waals surface area contributed by atoms with E-state index >= 15 is 0 Å². The number of para-hydroxylation sites is 1. The van der Waals surface area contributed by atoms with Gasteiger partial charge in [0.1, 0.15) is 11.5 Å². The highest BCUT2D eigenvalue weighted by atomic mass is 32.2. The van der Waals surface area contributed by atoms with Crippen LogP contribution in [0.3, 0.4) is 0 Å². The minimum atomic E-state index is -3.90. The first-order valence-corrected chi connectivity index (χ1v) is 10.1. The Morgan fingerprint density at radius 2 is 1.50 bits per heavy atom. The van der Waals surface area contributed by atoms with Crippen molar-refractivity contribution in [3.05, 3.63) is 90.0 Å². The molecule has 7 heteroatoms. The summed E-state index contributed by atoms with van der Waals surface area (Å²) in [6.45, 7) is 0. The topological polar surface area (TPSA) is 90.2 Å². The van der Waals surface area contributed by atoms with Crippen LogP contribution in [0.5, 0.6) is 11.5 Å². The van der Waals surface area contributed by atoms with Crippen molar-refractivity contribution in [3.63, 3.8) is 0 Å². The van der Waals surface area contributed by atoms with Crippen LogP contribution < -0.4 is 0 Å². The van der Waals surface area contributed by atoms with Crippen LogP contribution in [0.25, 0.3) is 0 Å². The third-order valence-electron chi connectivity index (χ3n) is 4.65. The smallest absolute Gasteiger partial charge is 0.279 e. The van der Waals surface area contributed by atoms with Gasteiger partial charge >= 0.3 is 0 Å². The first-order chi connectivity index (χ1) is 13.5. The van der Waals surface area contributed by atoms with E-state index in [1.54, 1.807) is 54.6 Å². The number of phenolic OH excluding ortho intramolecular Hbond substituents is 2. The van der Waals surface area contributed by atoms with Gasteiger partial charge in [0.25, 0.3) is 10.0 Å². The molecule has 0 aromatic heterocycles. The van der Waals surface area contributed by atoms with Gasteiger partial charge in [-0.15, -0.1) is 0 Å². The zero-order valence-corrected chi connectivity index (χ0v) is 15.6. The molecule has 0 unspecified atom stereocenters. The summed E-state index contributed by atoms with van der Waals surface area (Å²) in [5.74, 6) is 0.144. The molecule has 0 bridgehead atoms. The number of rotatable bonds is 4. The van der Waals surface area contributed by atoms with Crippen molar-refractivity contribution >= 4 is 15.7 Å². The van der Waals surface area contributed by atoms with Crippen molar-refractivity contribution in [2.75, 3.05) is 0 Å². The Labute approximate surface area is 163 Å². The number of aromatic hydroxyl groups is 2. The largest absolute Gasteiger partial charge is 0.508 e. The molecule has 1 aliphatic heterocycles. The van der Waals surface area contributed by atoms with Crippen LogP contribution in [0.1, 0.15) is 23.6 Å². The Morgan fingerprint density at radius 3 is 2.18 bits per heavy atom. The summed E-state index contributed by atoms with van der Waals surface area (Å²) in [6.07, 6.45) is 0.300. The monoisotopic (exact) mass is 394 g/mol. The van der Waals surface area contributed by atoms with Gasteiger partial charge in [0.05, 0.1) is 16.6 Å². The normalized spacial score (nSPS) is 16.8. The highest BCUT2D eigenvalue weighted by molar-refractivity contribution is 7.89. The maximum atomic E-state index is 13.3. The maximum Gasteiger partial charge on any atom is 0.279 e. The third-order valence-corrected chi connectivity index (χ3v) is 6.35. The van der Waals surface area contributed by atoms with E-state index in [-0.39, 0.29) is 16.4 Å². The zero-order valence-electron chi connectivity index (χ0n) is 14.8. The number of hydrogen-bond donors (Lipinski definition) is 2. The van der Waals surface area contributed by atoms with Crippen LogP contribution in [-0.4, -0.2) is 28.8 Å². The second-order valence-corrected chi connectivity index (χ2v) is 8.26. The number of phenols is 2. The average molecular weight is 394 g/mol. The van der Waals surface area contributed by atoms with E-state index in [4.69, 9.17) is 0 Å². The molecule has 1 aliphatic rings. The molecule has 0 amide bonds. The number of nitrogens with zero attached hydrogens (tertiary/aromatic N) is 2. The number of benzene rings is 3. The quantitative estimate of drug-likeness (QED) is 0.707. The standard InChI is InChI=1S/C21H18N2O4S/c24-16-12-10-15(11-13-16)20-14-19(18-8-4-5-9-21(18)25)22-23(20)28(26,27)17-6-2-1-3-7-17/h1-13,20,24-25H,14H2/t20-/m0/s1. The molecular weight excluding hydrogens is 376 g/mol. The lowest BCUT2D eigenvalue weighted by Gasteiger charge is -2.23. The lowest BCUT2D eigenvalue weighted by atomic mass is 9.98. The molecule has 3 aromatic rings. The molecule has 0 spiro atoms. The predicted molar refractivity (Wildman–Crippen MR) is 106 cm³/mol. The molecule has 2 N–H and O–H groups in total. The molecule has 1 heterocycles. The molecule has 0 saturated carbocycles. The van der Waals surface area contributed by atoms with Gasteiger partial charge in [0, 0.05) is 12.0 Å². The SMILES string of the molecule is O=S(=O)(c1ccccc1)N1N=C(c2ccccc2O)C[C@H]1c1ccc(O)cc1. The van der Waals surface area contributed by atoms with E-state index in [1.807, 2.05) is 0 Å². The van der Waals surface area contributed by atoms with Crippen molar-refractivity contribution in [2.45, 2.75) is 17.4 Å². The van der Waals surface area contributed by atoms with Crippen LogP contribution in [0.15, 0.2) is 88.9 Å². The number of hydrazone groups is 1. The molecule has 3 aromatic carbocycles. The minimum Gasteiger partial charge on any atom is -0.508 e. The van der Waals surface area contributed by atoms with Crippen LogP contribution in [-0.2, 0) is 10.0 Å². The van der Waals surface area contributed by atoms with Gasteiger partial charge in [-0.25, -0.2) is 0 Å². The summed E-state index contributed by atoms with van der Waals surface area (Å²) in [5.41, 5.74) is 1.68. The van der Waals surface area contributed by atoms with Crippen LogP contribution in [0.4, 0.5) is 0 Å². The van der Waals surface area contributed by atoms with Crippen molar-refractivity contribution in [1.29, 1.82) is 0 Å². The first kappa shape index (κ1) is 18.1. The fraction of sp³-hybridized carbons (Fsp3) is 0.0952. The predicted octanol–water partition coefficient (Wildman–Crippen LogP) is 3.64. The summed E-state index contributed by atoms with van der Waals surface area (Å²) in [6, 6.07) is 20.6. The van der Waals surface area contributed by atoms with E-state index < -0.39 is 16.1 Å².